The number of pyridine rings is 2. The van der Waals surface area contributed by atoms with E-state index in [0.717, 1.165) is 45.8 Å². The van der Waals surface area contributed by atoms with E-state index in [9.17, 15) is 0 Å². The van der Waals surface area contributed by atoms with Gasteiger partial charge in [0.2, 0.25) is 0 Å². The van der Waals surface area contributed by atoms with Crippen LogP contribution in [0.4, 0.5) is 0 Å². The Labute approximate surface area is 230 Å². The van der Waals surface area contributed by atoms with E-state index in [1.165, 1.54) is 27.9 Å². The topological polar surface area (TPSA) is 51.8 Å². The number of benzene rings is 2. The SMILES string of the molecule is CC1=C(c2cc(-c3cc(C4=CC=CCC4C)nc(-c4ccccc4)c3)cc(-c3ccccn3)c2)C/1=C/C=C\N. The molecule has 0 amide bonds. The molecule has 1 unspecified atom stereocenters. The van der Waals surface area contributed by atoms with Crippen molar-refractivity contribution >= 4 is 11.1 Å². The van der Waals surface area contributed by atoms with Crippen LogP contribution in [-0.4, -0.2) is 9.97 Å². The van der Waals surface area contributed by atoms with Gasteiger partial charge in [0, 0.05) is 17.3 Å². The Balaban J connectivity index is 1.55. The van der Waals surface area contributed by atoms with Crippen LogP contribution >= 0.6 is 0 Å². The molecular formula is C36H31N3. The van der Waals surface area contributed by atoms with Crippen molar-refractivity contribution in [3.05, 3.63) is 144 Å². The maximum atomic E-state index is 5.62. The second-order valence-electron chi connectivity index (χ2n) is 10.2. The largest absolute Gasteiger partial charge is 0.405 e. The summed E-state index contributed by atoms with van der Waals surface area (Å²) in [6.45, 7) is 4.44. The van der Waals surface area contributed by atoms with Gasteiger partial charge in [-0.15, -0.1) is 0 Å². The molecule has 2 aromatic heterocycles. The zero-order valence-electron chi connectivity index (χ0n) is 22.3. The monoisotopic (exact) mass is 505 g/mol. The smallest absolute Gasteiger partial charge is 0.0715 e. The Morgan fingerprint density at radius 2 is 1.54 bits per heavy atom. The van der Waals surface area contributed by atoms with Gasteiger partial charge in [0.1, 0.15) is 0 Å². The lowest BCUT2D eigenvalue weighted by molar-refractivity contribution is 0.754. The molecule has 0 fully saturated rings. The number of rotatable bonds is 6. The van der Waals surface area contributed by atoms with Crippen molar-refractivity contribution < 1.29 is 0 Å². The molecule has 2 aromatic carbocycles. The molecule has 0 bridgehead atoms. The highest BCUT2D eigenvalue weighted by atomic mass is 14.7. The van der Waals surface area contributed by atoms with E-state index in [1.807, 2.05) is 30.5 Å². The van der Waals surface area contributed by atoms with Gasteiger partial charge < -0.3 is 5.73 Å². The molecule has 2 heterocycles. The summed E-state index contributed by atoms with van der Waals surface area (Å²) in [6.07, 6.45) is 15.0. The molecule has 2 aliphatic carbocycles. The van der Waals surface area contributed by atoms with Crippen LogP contribution in [-0.2, 0) is 0 Å². The fraction of sp³-hybridized carbons (Fsp3) is 0.111. The molecule has 190 valence electrons. The van der Waals surface area contributed by atoms with Gasteiger partial charge >= 0.3 is 0 Å². The van der Waals surface area contributed by atoms with Crippen LogP contribution in [0.25, 0.3) is 44.8 Å². The molecule has 2 aliphatic rings. The lowest BCUT2D eigenvalue weighted by atomic mass is 9.88. The van der Waals surface area contributed by atoms with Gasteiger partial charge in [-0.1, -0.05) is 67.6 Å². The van der Waals surface area contributed by atoms with Gasteiger partial charge in [0.05, 0.1) is 17.1 Å². The molecule has 0 aliphatic heterocycles. The molecule has 0 spiro atoms. The molecule has 3 nitrogen and oxygen atoms in total. The summed E-state index contributed by atoms with van der Waals surface area (Å²) in [5.74, 6) is 0.416. The van der Waals surface area contributed by atoms with Crippen LogP contribution in [0.3, 0.4) is 0 Å². The summed E-state index contributed by atoms with van der Waals surface area (Å²) in [6, 6.07) is 27.8. The van der Waals surface area contributed by atoms with Crippen molar-refractivity contribution in [2.75, 3.05) is 0 Å². The number of hydrogen-bond acceptors (Lipinski definition) is 3. The minimum Gasteiger partial charge on any atom is -0.405 e. The van der Waals surface area contributed by atoms with Crippen LogP contribution < -0.4 is 5.73 Å². The summed E-state index contributed by atoms with van der Waals surface area (Å²) in [4.78, 5) is 9.83. The van der Waals surface area contributed by atoms with Crippen LogP contribution in [0.5, 0.6) is 0 Å². The molecule has 0 radical (unpaired) electrons. The number of aromatic nitrogens is 2. The van der Waals surface area contributed by atoms with Crippen LogP contribution in [0.1, 0.15) is 31.5 Å². The molecule has 6 rings (SSSR count). The summed E-state index contributed by atoms with van der Waals surface area (Å²) >= 11 is 0. The number of nitrogens with two attached hydrogens (primary N) is 1. The lowest BCUT2D eigenvalue weighted by Gasteiger charge is -2.19. The quantitative estimate of drug-likeness (QED) is 0.285. The fourth-order valence-electron chi connectivity index (χ4n) is 5.34. The third-order valence-corrected chi connectivity index (χ3v) is 7.50. The van der Waals surface area contributed by atoms with E-state index in [-0.39, 0.29) is 0 Å². The number of allylic oxidation sites excluding steroid dienone is 9. The van der Waals surface area contributed by atoms with Gasteiger partial charge in [-0.2, -0.15) is 0 Å². The predicted molar refractivity (Wildman–Crippen MR) is 163 cm³/mol. The van der Waals surface area contributed by atoms with Crippen molar-refractivity contribution in [3.8, 4) is 33.6 Å². The molecular weight excluding hydrogens is 474 g/mol. The highest BCUT2D eigenvalue weighted by Crippen LogP contribution is 2.48. The van der Waals surface area contributed by atoms with Crippen molar-refractivity contribution in [1.29, 1.82) is 0 Å². The summed E-state index contributed by atoms with van der Waals surface area (Å²) in [5.41, 5.74) is 19.4. The van der Waals surface area contributed by atoms with Crippen LogP contribution in [0, 0.1) is 5.92 Å². The van der Waals surface area contributed by atoms with Gasteiger partial charge in [-0.05, 0) is 113 Å². The highest BCUT2D eigenvalue weighted by Gasteiger charge is 2.27. The minimum absolute atomic E-state index is 0.416. The maximum absolute atomic E-state index is 5.62. The third kappa shape index (κ3) is 5.04. The molecule has 3 heteroatoms. The first-order chi connectivity index (χ1) is 19.1. The van der Waals surface area contributed by atoms with Crippen molar-refractivity contribution in [3.63, 3.8) is 0 Å². The lowest BCUT2D eigenvalue weighted by Crippen LogP contribution is -2.04. The Kier molecular flexibility index (Phi) is 6.64. The molecule has 0 saturated heterocycles. The molecule has 4 aromatic rings. The van der Waals surface area contributed by atoms with E-state index in [4.69, 9.17) is 10.7 Å². The second-order valence-corrected chi connectivity index (χ2v) is 10.2. The number of nitrogens with zero attached hydrogens (tertiary/aromatic N) is 2. The van der Waals surface area contributed by atoms with Crippen molar-refractivity contribution in [1.82, 2.24) is 9.97 Å². The summed E-state index contributed by atoms with van der Waals surface area (Å²) < 4.78 is 0. The molecule has 39 heavy (non-hydrogen) atoms. The fourth-order valence-corrected chi connectivity index (χ4v) is 5.34. The summed E-state index contributed by atoms with van der Waals surface area (Å²) in [5, 5.41) is 0. The van der Waals surface area contributed by atoms with E-state index >= 15 is 0 Å². The first-order valence-electron chi connectivity index (χ1n) is 13.4. The van der Waals surface area contributed by atoms with E-state index in [0.29, 0.717) is 5.92 Å². The normalized spacial score (nSPS) is 17.6. The van der Waals surface area contributed by atoms with Crippen molar-refractivity contribution in [2.45, 2.75) is 20.3 Å². The average Bonchev–Trinajstić information content (AvgIpc) is 3.65. The number of hydrogen-bond donors (Lipinski definition) is 1. The first-order valence-corrected chi connectivity index (χ1v) is 13.4. The van der Waals surface area contributed by atoms with E-state index in [2.05, 4.69) is 104 Å². The maximum Gasteiger partial charge on any atom is 0.0715 e. The Morgan fingerprint density at radius 1 is 0.795 bits per heavy atom. The minimum atomic E-state index is 0.416. The Morgan fingerprint density at radius 3 is 2.31 bits per heavy atom. The van der Waals surface area contributed by atoms with Gasteiger partial charge in [0.15, 0.2) is 0 Å². The van der Waals surface area contributed by atoms with E-state index < -0.39 is 0 Å². The third-order valence-electron chi connectivity index (χ3n) is 7.50. The predicted octanol–water partition coefficient (Wildman–Crippen LogP) is 8.64. The highest BCUT2D eigenvalue weighted by molar-refractivity contribution is 6.03. The van der Waals surface area contributed by atoms with Gasteiger partial charge in [-0.25, -0.2) is 4.98 Å². The van der Waals surface area contributed by atoms with Gasteiger partial charge in [-0.3, -0.25) is 4.98 Å². The van der Waals surface area contributed by atoms with Crippen LogP contribution in [0.15, 0.2) is 133 Å². The molecule has 0 saturated carbocycles. The summed E-state index contributed by atoms with van der Waals surface area (Å²) in [7, 11) is 0. The standard InChI is InChI=1S/C36H31N3/c1-24-11-6-7-14-31(24)35-23-28(22-34(39-35)26-12-4-3-5-13-26)27-19-29(33-16-8-9-18-38-33)21-30(20-27)36-25(2)32(36)15-10-17-37/h3-10,12-24H,11,37H2,1-2H3/b17-10-,32-15+. The second kappa shape index (κ2) is 10.5. The Bertz CT molecular complexity index is 1690. The molecule has 1 atom stereocenters. The van der Waals surface area contributed by atoms with Gasteiger partial charge in [0.25, 0.3) is 0 Å². The zero-order chi connectivity index (χ0) is 26.8. The van der Waals surface area contributed by atoms with Crippen LogP contribution in [0.2, 0.25) is 0 Å². The van der Waals surface area contributed by atoms with Crippen molar-refractivity contribution in [2.24, 2.45) is 11.7 Å². The zero-order valence-corrected chi connectivity index (χ0v) is 22.3. The Hall–Kier alpha value is -4.76. The first kappa shape index (κ1) is 24.6. The average molecular weight is 506 g/mol. The molecule has 2 N–H and O–H groups in total. The van der Waals surface area contributed by atoms with E-state index in [1.54, 1.807) is 6.20 Å².